The zero-order valence-corrected chi connectivity index (χ0v) is 15.0. The van der Waals surface area contributed by atoms with E-state index in [4.69, 9.17) is 0 Å². The number of ether oxygens (including phenoxy) is 1. The van der Waals surface area contributed by atoms with Gasteiger partial charge in [0.05, 0.1) is 18.4 Å². The summed E-state index contributed by atoms with van der Waals surface area (Å²) in [6.45, 7) is 0. The van der Waals surface area contributed by atoms with E-state index in [9.17, 15) is 13.2 Å². The van der Waals surface area contributed by atoms with Crippen LogP contribution in [0.2, 0.25) is 0 Å². The van der Waals surface area contributed by atoms with Gasteiger partial charge in [-0.1, -0.05) is 42.5 Å². The van der Waals surface area contributed by atoms with Crippen molar-refractivity contribution in [3.05, 3.63) is 66.2 Å². The molecule has 0 aliphatic rings. The summed E-state index contributed by atoms with van der Waals surface area (Å²) in [6.07, 6.45) is 0. The number of sulfonamides is 1. The summed E-state index contributed by atoms with van der Waals surface area (Å²) in [5.41, 5.74) is 1.46. The quantitative estimate of drug-likeness (QED) is 0.697. The third-order valence-corrected chi connectivity index (χ3v) is 5.18. The third kappa shape index (κ3) is 3.45. The minimum absolute atomic E-state index is 0.0343. The first kappa shape index (κ1) is 17.7. The summed E-state index contributed by atoms with van der Waals surface area (Å²) >= 11 is 0. The van der Waals surface area contributed by atoms with Gasteiger partial charge in [0.1, 0.15) is 10.7 Å². The summed E-state index contributed by atoms with van der Waals surface area (Å²) in [4.78, 5) is 11.7. The summed E-state index contributed by atoms with van der Waals surface area (Å²) in [6, 6.07) is 16.9. The van der Waals surface area contributed by atoms with Crippen LogP contribution in [-0.2, 0) is 21.8 Å². The largest absolute Gasteiger partial charge is 0.465 e. The minimum Gasteiger partial charge on any atom is -0.465 e. The van der Waals surface area contributed by atoms with Crippen LogP contribution in [-0.4, -0.2) is 31.3 Å². The number of hydrogen-bond donors (Lipinski definition) is 1. The average molecular weight is 371 g/mol. The number of carbonyl (C=O) groups excluding carboxylic acids is 1. The number of benzene rings is 2. The van der Waals surface area contributed by atoms with Crippen LogP contribution >= 0.6 is 0 Å². The van der Waals surface area contributed by atoms with E-state index in [2.05, 4.69) is 14.6 Å². The summed E-state index contributed by atoms with van der Waals surface area (Å²) in [5.74, 6) is -0.440. The molecule has 0 spiro atoms. The fourth-order valence-electron chi connectivity index (χ4n) is 2.48. The lowest BCUT2D eigenvalue weighted by Gasteiger charge is -2.11. The first-order chi connectivity index (χ1) is 12.4. The van der Waals surface area contributed by atoms with Crippen molar-refractivity contribution < 1.29 is 17.9 Å². The average Bonchev–Trinajstić information content (AvgIpc) is 3.01. The first-order valence-electron chi connectivity index (χ1n) is 7.72. The number of anilines is 1. The van der Waals surface area contributed by atoms with Gasteiger partial charge >= 0.3 is 5.97 Å². The highest BCUT2D eigenvalue weighted by Crippen LogP contribution is 2.24. The topological polar surface area (TPSA) is 90.3 Å². The molecule has 3 aromatic rings. The molecule has 134 valence electrons. The number of nitrogens with zero attached hydrogens (tertiary/aromatic N) is 2. The summed E-state index contributed by atoms with van der Waals surface area (Å²) in [5, 5.41) is 4.33. The molecule has 1 N–H and O–H groups in total. The van der Waals surface area contributed by atoms with Crippen molar-refractivity contribution in [3.63, 3.8) is 0 Å². The zero-order valence-electron chi connectivity index (χ0n) is 14.2. The van der Waals surface area contributed by atoms with E-state index in [1.54, 1.807) is 25.2 Å². The monoisotopic (exact) mass is 371 g/mol. The molecule has 2 aromatic carbocycles. The fourth-order valence-corrected chi connectivity index (χ4v) is 3.76. The number of methoxy groups -OCH3 is 1. The molecule has 7 nitrogen and oxygen atoms in total. The van der Waals surface area contributed by atoms with Gasteiger partial charge in [0.25, 0.3) is 10.0 Å². The normalized spacial score (nSPS) is 11.2. The van der Waals surface area contributed by atoms with Crippen LogP contribution in [0, 0.1) is 0 Å². The molecule has 0 amide bonds. The van der Waals surface area contributed by atoms with Crippen molar-refractivity contribution in [2.75, 3.05) is 11.8 Å². The van der Waals surface area contributed by atoms with Crippen LogP contribution in [0.1, 0.15) is 10.4 Å². The molecule has 0 atom stereocenters. The summed E-state index contributed by atoms with van der Waals surface area (Å²) in [7, 11) is -1.17. The third-order valence-electron chi connectivity index (χ3n) is 3.77. The lowest BCUT2D eigenvalue weighted by atomic mass is 10.2. The molecule has 0 radical (unpaired) electrons. The Balaban J connectivity index is 1.97. The SMILES string of the molecule is COC(=O)c1ccccc1S(=O)(=O)Nc1cc(-c2ccccc2)nn1C. The van der Waals surface area contributed by atoms with Crippen LogP contribution in [0.5, 0.6) is 0 Å². The Morgan fingerprint density at radius 3 is 2.42 bits per heavy atom. The Hall–Kier alpha value is -3.13. The Kier molecular flexibility index (Phi) is 4.77. The molecule has 26 heavy (non-hydrogen) atoms. The molecule has 0 unspecified atom stereocenters. The number of aromatic nitrogens is 2. The maximum Gasteiger partial charge on any atom is 0.339 e. The highest BCUT2D eigenvalue weighted by Gasteiger charge is 2.24. The number of nitrogens with one attached hydrogen (secondary N) is 1. The van der Waals surface area contributed by atoms with Crippen molar-refractivity contribution in [2.45, 2.75) is 4.90 Å². The first-order valence-corrected chi connectivity index (χ1v) is 9.20. The highest BCUT2D eigenvalue weighted by molar-refractivity contribution is 7.92. The van der Waals surface area contributed by atoms with Crippen LogP contribution in [0.25, 0.3) is 11.3 Å². The molecule has 0 bridgehead atoms. The van der Waals surface area contributed by atoms with E-state index in [1.807, 2.05) is 30.3 Å². The minimum atomic E-state index is -4.00. The standard InChI is InChI=1S/C18H17N3O4S/c1-21-17(12-15(19-21)13-8-4-3-5-9-13)20-26(23,24)16-11-7-6-10-14(16)18(22)25-2/h3-12,20H,1-2H3. The van der Waals surface area contributed by atoms with E-state index in [-0.39, 0.29) is 16.3 Å². The Morgan fingerprint density at radius 2 is 1.73 bits per heavy atom. The van der Waals surface area contributed by atoms with Gasteiger partial charge in [-0.25, -0.2) is 13.2 Å². The lowest BCUT2D eigenvalue weighted by molar-refractivity contribution is 0.0596. The molecule has 0 saturated carbocycles. The van der Waals surface area contributed by atoms with E-state index in [1.165, 1.54) is 23.9 Å². The van der Waals surface area contributed by atoms with Gasteiger partial charge in [0.2, 0.25) is 0 Å². The number of hydrogen-bond acceptors (Lipinski definition) is 5. The fraction of sp³-hybridized carbons (Fsp3) is 0.111. The molecular weight excluding hydrogens is 354 g/mol. The van der Waals surface area contributed by atoms with Gasteiger partial charge in [-0.2, -0.15) is 5.10 Å². The predicted octanol–water partition coefficient (Wildman–Crippen LogP) is 2.67. The van der Waals surface area contributed by atoms with Gasteiger partial charge in [-0.15, -0.1) is 0 Å². The zero-order chi connectivity index (χ0) is 18.7. The van der Waals surface area contributed by atoms with Crippen molar-refractivity contribution in [1.82, 2.24) is 9.78 Å². The molecule has 1 heterocycles. The van der Waals surface area contributed by atoms with Gasteiger partial charge < -0.3 is 4.74 Å². The second-order valence-electron chi connectivity index (χ2n) is 5.50. The van der Waals surface area contributed by atoms with E-state index < -0.39 is 16.0 Å². The number of aryl methyl sites for hydroxylation is 1. The predicted molar refractivity (Wildman–Crippen MR) is 97.2 cm³/mol. The second kappa shape index (κ2) is 7.01. The number of carbonyl (C=O) groups is 1. The van der Waals surface area contributed by atoms with Crippen molar-refractivity contribution in [3.8, 4) is 11.3 Å². The van der Waals surface area contributed by atoms with Crippen LogP contribution < -0.4 is 4.72 Å². The van der Waals surface area contributed by atoms with Crippen LogP contribution in [0.15, 0.2) is 65.6 Å². The van der Waals surface area contributed by atoms with E-state index in [0.29, 0.717) is 5.69 Å². The molecule has 0 aliphatic heterocycles. The van der Waals surface area contributed by atoms with Crippen molar-refractivity contribution in [2.24, 2.45) is 7.05 Å². The van der Waals surface area contributed by atoms with Gasteiger partial charge in [0, 0.05) is 18.7 Å². The molecule has 0 aliphatic carbocycles. The van der Waals surface area contributed by atoms with Crippen LogP contribution in [0.3, 0.4) is 0 Å². The van der Waals surface area contributed by atoms with Crippen molar-refractivity contribution in [1.29, 1.82) is 0 Å². The smallest absolute Gasteiger partial charge is 0.339 e. The molecule has 3 rings (SSSR count). The maximum atomic E-state index is 12.8. The molecule has 1 aromatic heterocycles. The Labute approximate surface area is 151 Å². The lowest BCUT2D eigenvalue weighted by Crippen LogP contribution is -2.19. The Bertz CT molecular complexity index is 1040. The van der Waals surface area contributed by atoms with Gasteiger partial charge in [0.15, 0.2) is 0 Å². The van der Waals surface area contributed by atoms with Gasteiger partial charge in [-0.3, -0.25) is 9.40 Å². The number of rotatable bonds is 5. The van der Waals surface area contributed by atoms with Gasteiger partial charge in [-0.05, 0) is 12.1 Å². The molecule has 0 saturated heterocycles. The maximum absolute atomic E-state index is 12.8. The second-order valence-corrected chi connectivity index (χ2v) is 7.15. The van der Waals surface area contributed by atoms with E-state index >= 15 is 0 Å². The Morgan fingerprint density at radius 1 is 1.08 bits per heavy atom. The molecular formula is C18H17N3O4S. The molecule has 0 fully saturated rings. The number of esters is 1. The van der Waals surface area contributed by atoms with E-state index in [0.717, 1.165) is 5.56 Å². The van der Waals surface area contributed by atoms with Crippen molar-refractivity contribution >= 4 is 21.8 Å². The summed E-state index contributed by atoms with van der Waals surface area (Å²) < 4.78 is 34.1. The molecule has 8 heteroatoms. The van der Waals surface area contributed by atoms with Crippen LogP contribution in [0.4, 0.5) is 5.82 Å². The highest BCUT2D eigenvalue weighted by atomic mass is 32.2.